The standard InChI is InChI=1S/C18H15IN4O3S/c1-3-27-18-20-16(25)15-11-6-4-5-7-12(11)22(10(2)24)17(23(15)21-18)13-8-9-14(19)26-13/h4-9,17H,3H2,1-2H3. The van der Waals surface area contributed by atoms with Gasteiger partial charge in [-0.15, -0.1) is 0 Å². The largest absolute Gasteiger partial charge is 0.854 e. The number of halogens is 1. The predicted octanol–water partition coefficient (Wildman–Crippen LogP) is 2.73. The Hall–Kier alpha value is -2.14. The van der Waals surface area contributed by atoms with Gasteiger partial charge in [0.05, 0.1) is 17.1 Å². The molecular formula is C18H15IN4O3S. The summed E-state index contributed by atoms with van der Waals surface area (Å²) in [5.74, 6) is 0.714. The molecule has 0 bridgehead atoms. The zero-order valence-electron chi connectivity index (χ0n) is 14.5. The fourth-order valence-corrected chi connectivity index (χ4v) is 4.18. The minimum Gasteiger partial charge on any atom is -0.854 e. The fraction of sp³-hybridized carbons (Fsp3) is 0.222. The molecule has 0 N–H and O–H groups in total. The second-order valence-corrected chi connectivity index (χ2v) is 8.14. The lowest BCUT2D eigenvalue weighted by Crippen LogP contribution is -2.58. The van der Waals surface area contributed by atoms with Crippen LogP contribution in [0, 0.1) is 3.77 Å². The number of hydrogen-bond acceptors (Lipinski definition) is 6. The van der Waals surface area contributed by atoms with Crippen LogP contribution in [0.4, 0.5) is 5.69 Å². The Morgan fingerprint density at radius 3 is 2.81 bits per heavy atom. The van der Waals surface area contributed by atoms with Gasteiger partial charge in [-0.2, -0.15) is 0 Å². The van der Waals surface area contributed by atoms with E-state index in [2.05, 4.69) is 32.7 Å². The van der Waals surface area contributed by atoms with Crippen LogP contribution in [0.5, 0.6) is 5.88 Å². The van der Waals surface area contributed by atoms with E-state index in [9.17, 15) is 9.90 Å². The number of amides is 1. The van der Waals surface area contributed by atoms with Crippen LogP contribution in [-0.2, 0) is 4.79 Å². The molecule has 1 amide bonds. The molecule has 1 aliphatic heterocycles. The number of thioether (sulfide) groups is 1. The van der Waals surface area contributed by atoms with Crippen LogP contribution in [0.15, 0.2) is 46.0 Å². The second-order valence-electron chi connectivity index (χ2n) is 5.85. The van der Waals surface area contributed by atoms with Gasteiger partial charge in [0, 0.05) is 12.0 Å². The van der Waals surface area contributed by atoms with Crippen molar-refractivity contribution in [2.45, 2.75) is 25.2 Å². The molecule has 0 aliphatic carbocycles. The van der Waals surface area contributed by atoms with E-state index in [1.807, 2.05) is 31.2 Å². The summed E-state index contributed by atoms with van der Waals surface area (Å²) in [7, 11) is 0. The molecule has 1 aromatic carbocycles. The number of rotatable bonds is 3. The first-order valence-corrected chi connectivity index (χ1v) is 10.4. The summed E-state index contributed by atoms with van der Waals surface area (Å²) in [6.45, 7) is 3.45. The predicted molar refractivity (Wildman–Crippen MR) is 106 cm³/mol. The number of furan rings is 1. The Morgan fingerprint density at radius 2 is 2.15 bits per heavy atom. The average molecular weight is 494 g/mol. The molecule has 1 atom stereocenters. The third-order valence-corrected chi connectivity index (χ3v) is 5.48. The van der Waals surface area contributed by atoms with Gasteiger partial charge in [-0.1, -0.05) is 30.8 Å². The molecule has 9 heteroatoms. The van der Waals surface area contributed by atoms with E-state index in [0.717, 1.165) is 5.75 Å². The van der Waals surface area contributed by atoms with E-state index in [-0.39, 0.29) is 11.8 Å². The molecule has 0 saturated heterocycles. The van der Waals surface area contributed by atoms with Crippen molar-refractivity contribution in [1.82, 2.24) is 10.1 Å². The van der Waals surface area contributed by atoms with E-state index in [1.54, 1.807) is 21.7 Å². The number of carbonyl (C=O) groups excluding carboxylic acids is 1. The summed E-state index contributed by atoms with van der Waals surface area (Å²) in [6, 6.07) is 10.9. The van der Waals surface area contributed by atoms with Gasteiger partial charge in [0.2, 0.25) is 5.91 Å². The maximum absolute atomic E-state index is 12.9. The lowest BCUT2D eigenvalue weighted by Gasteiger charge is -2.31. The summed E-state index contributed by atoms with van der Waals surface area (Å²) in [4.78, 5) is 18.3. The van der Waals surface area contributed by atoms with Crippen molar-refractivity contribution < 1.29 is 19.0 Å². The summed E-state index contributed by atoms with van der Waals surface area (Å²) < 4.78 is 8.07. The van der Waals surface area contributed by atoms with Gasteiger partial charge in [-0.25, -0.2) is 9.88 Å². The quantitative estimate of drug-likeness (QED) is 0.316. The van der Waals surface area contributed by atoms with Crippen LogP contribution in [0.1, 0.15) is 25.8 Å². The summed E-state index contributed by atoms with van der Waals surface area (Å²) in [6.07, 6.45) is -0.692. The van der Waals surface area contributed by atoms with Gasteiger partial charge in [0.1, 0.15) is 0 Å². The molecular weight excluding hydrogens is 479 g/mol. The van der Waals surface area contributed by atoms with Crippen LogP contribution in [-0.4, -0.2) is 21.7 Å². The number of benzene rings is 1. The highest BCUT2D eigenvalue weighted by Crippen LogP contribution is 2.41. The van der Waals surface area contributed by atoms with Crippen LogP contribution in [0.25, 0.3) is 11.3 Å². The SMILES string of the molecule is CCSc1nc([O-])c2[n+](n1)C(c1ccc(I)o1)N(C(C)=O)c1ccccc1-2. The topological polar surface area (TPSA) is 86.2 Å². The van der Waals surface area contributed by atoms with E-state index < -0.39 is 6.17 Å². The number of aromatic nitrogens is 3. The van der Waals surface area contributed by atoms with Crippen LogP contribution in [0.2, 0.25) is 0 Å². The van der Waals surface area contributed by atoms with E-state index >= 15 is 0 Å². The van der Waals surface area contributed by atoms with Gasteiger partial charge < -0.3 is 9.52 Å². The minimum absolute atomic E-state index is 0.173. The van der Waals surface area contributed by atoms with Gasteiger partial charge in [-0.3, -0.25) is 4.79 Å². The molecule has 1 unspecified atom stereocenters. The first-order chi connectivity index (χ1) is 13.0. The Labute approximate surface area is 173 Å². The van der Waals surface area contributed by atoms with Gasteiger partial charge in [0.15, 0.2) is 9.53 Å². The number of hydrogen-bond donors (Lipinski definition) is 0. The van der Waals surface area contributed by atoms with Crippen molar-refractivity contribution in [2.24, 2.45) is 0 Å². The van der Waals surface area contributed by atoms with Crippen molar-refractivity contribution in [3.05, 3.63) is 45.9 Å². The number of para-hydroxylation sites is 1. The lowest BCUT2D eigenvalue weighted by atomic mass is 10.0. The maximum Gasteiger partial charge on any atom is 0.325 e. The first-order valence-electron chi connectivity index (χ1n) is 8.29. The second kappa shape index (κ2) is 7.12. The lowest BCUT2D eigenvalue weighted by molar-refractivity contribution is -0.765. The highest BCUT2D eigenvalue weighted by molar-refractivity contribution is 14.1. The molecule has 0 fully saturated rings. The van der Waals surface area contributed by atoms with Crippen molar-refractivity contribution in [3.63, 3.8) is 0 Å². The average Bonchev–Trinajstić information content (AvgIpc) is 3.06. The van der Waals surface area contributed by atoms with Gasteiger partial charge >= 0.3 is 6.17 Å². The van der Waals surface area contributed by atoms with Gasteiger partial charge in [-0.05, 0) is 57.3 Å². The minimum atomic E-state index is -0.692. The number of anilines is 1. The zero-order valence-corrected chi connectivity index (χ0v) is 17.5. The van der Waals surface area contributed by atoms with Crippen LogP contribution in [0.3, 0.4) is 0 Å². The van der Waals surface area contributed by atoms with Crippen molar-refractivity contribution >= 4 is 45.9 Å². The van der Waals surface area contributed by atoms with Crippen LogP contribution < -0.4 is 14.7 Å². The Morgan fingerprint density at radius 1 is 1.37 bits per heavy atom. The van der Waals surface area contributed by atoms with E-state index in [4.69, 9.17) is 4.42 Å². The Kier molecular flexibility index (Phi) is 4.81. The Balaban J connectivity index is 2.05. The van der Waals surface area contributed by atoms with E-state index in [0.29, 0.717) is 31.6 Å². The molecule has 2 aromatic heterocycles. The number of carbonyl (C=O) groups is 1. The fourth-order valence-electron chi connectivity index (χ4n) is 3.19. The molecule has 0 spiro atoms. The highest BCUT2D eigenvalue weighted by Gasteiger charge is 2.45. The molecule has 27 heavy (non-hydrogen) atoms. The molecule has 0 radical (unpaired) electrons. The third kappa shape index (κ3) is 3.08. The summed E-state index contributed by atoms with van der Waals surface area (Å²) in [5, 5.41) is 17.8. The molecule has 138 valence electrons. The third-order valence-electron chi connectivity index (χ3n) is 4.18. The maximum atomic E-state index is 12.9. The molecule has 3 heterocycles. The van der Waals surface area contributed by atoms with Gasteiger partial charge in [0.25, 0.3) is 10.9 Å². The van der Waals surface area contributed by atoms with Crippen molar-refractivity contribution in [3.8, 4) is 17.1 Å². The molecule has 0 saturated carbocycles. The summed E-state index contributed by atoms with van der Waals surface area (Å²) >= 11 is 3.45. The zero-order chi connectivity index (χ0) is 19.1. The molecule has 7 nitrogen and oxygen atoms in total. The first kappa shape index (κ1) is 18.2. The van der Waals surface area contributed by atoms with Crippen LogP contribution >= 0.6 is 34.4 Å². The normalized spacial score (nSPS) is 15.4. The molecule has 4 rings (SSSR count). The number of nitrogens with zero attached hydrogens (tertiary/aromatic N) is 4. The summed E-state index contributed by atoms with van der Waals surface area (Å²) in [5.41, 5.74) is 1.61. The Bertz CT molecular complexity index is 1040. The monoisotopic (exact) mass is 494 g/mol. The number of fused-ring (bicyclic) bond motifs is 3. The van der Waals surface area contributed by atoms with E-state index in [1.165, 1.54) is 18.7 Å². The highest BCUT2D eigenvalue weighted by atomic mass is 127. The molecule has 1 aliphatic rings. The van der Waals surface area contributed by atoms with Crippen molar-refractivity contribution in [1.29, 1.82) is 0 Å². The smallest absolute Gasteiger partial charge is 0.325 e. The molecule has 3 aromatic rings. The van der Waals surface area contributed by atoms with Crippen molar-refractivity contribution in [2.75, 3.05) is 10.7 Å².